The maximum atomic E-state index is 12.8. The van der Waals surface area contributed by atoms with Crippen LogP contribution in [-0.4, -0.2) is 9.78 Å². The van der Waals surface area contributed by atoms with Crippen LogP contribution in [-0.2, 0) is 12.1 Å². The molecule has 2 rings (SSSR count). The minimum Gasteiger partial charge on any atom is -0.221 e. The highest BCUT2D eigenvalue weighted by Gasteiger charge is 2.38. The van der Waals surface area contributed by atoms with Gasteiger partial charge in [-0.2, -0.15) is 18.3 Å². The first kappa shape index (κ1) is 14.2. The van der Waals surface area contributed by atoms with E-state index in [4.69, 9.17) is 23.2 Å². The highest BCUT2D eigenvalue weighted by atomic mass is 35.5. The zero-order valence-corrected chi connectivity index (χ0v) is 11.3. The number of hydrogen-bond donors (Lipinski definition) is 0. The van der Waals surface area contributed by atoms with Gasteiger partial charge in [0.05, 0.1) is 11.6 Å². The number of benzene rings is 1. The maximum Gasteiger partial charge on any atom is 0.435 e. The minimum absolute atomic E-state index is 0.119. The van der Waals surface area contributed by atoms with Crippen LogP contribution in [0, 0.1) is 6.92 Å². The third kappa shape index (κ3) is 2.72. The van der Waals surface area contributed by atoms with Crippen molar-refractivity contribution in [2.75, 3.05) is 0 Å². The van der Waals surface area contributed by atoms with Crippen LogP contribution in [0.2, 0.25) is 5.15 Å². The third-order valence-electron chi connectivity index (χ3n) is 2.60. The molecule has 0 atom stereocenters. The number of rotatable bonds is 2. The average Bonchev–Trinajstić information content (AvgIpc) is 2.67. The van der Waals surface area contributed by atoms with Crippen LogP contribution in [0.5, 0.6) is 0 Å². The summed E-state index contributed by atoms with van der Waals surface area (Å²) in [4.78, 5) is 0. The SMILES string of the molecule is Cc1ccc(-n2nc(C(F)(F)F)c(CCl)c2Cl)cc1. The van der Waals surface area contributed by atoms with Crippen molar-refractivity contribution in [3.8, 4) is 5.69 Å². The number of nitrogens with zero attached hydrogens (tertiary/aromatic N) is 2. The molecule has 102 valence electrons. The summed E-state index contributed by atoms with van der Waals surface area (Å²) in [5.74, 6) is -0.348. The van der Waals surface area contributed by atoms with E-state index >= 15 is 0 Å². The van der Waals surface area contributed by atoms with Gasteiger partial charge in [-0.25, -0.2) is 4.68 Å². The van der Waals surface area contributed by atoms with Crippen molar-refractivity contribution >= 4 is 23.2 Å². The van der Waals surface area contributed by atoms with Gasteiger partial charge in [0.1, 0.15) is 5.15 Å². The summed E-state index contributed by atoms with van der Waals surface area (Å²) in [6.07, 6.45) is -4.58. The normalized spacial score (nSPS) is 11.9. The largest absolute Gasteiger partial charge is 0.435 e. The zero-order valence-electron chi connectivity index (χ0n) is 9.80. The maximum absolute atomic E-state index is 12.8. The van der Waals surface area contributed by atoms with Gasteiger partial charge in [0.2, 0.25) is 0 Å². The first-order chi connectivity index (χ1) is 8.84. The monoisotopic (exact) mass is 308 g/mol. The Bertz CT molecular complexity index is 588. The predicted octanol–water partition coefficient (Wildman–Crippen LogP) is 4.59. The molecule has 0 aliphatic rings. The summed E-state index contributed by atoms with van der Waals surface area (Å²) in [7, 11) is 0. The summed E-state index contributed by atoms with van der Waals surface area (Å²) in [6.45, 7) is 1.87. The van der Waals surface area contributed by atoms with E-state index in [-0.39, 0.29) is 16.6 Å². The summed E-state index contributed by atoms with van der Waals surface area (Å²) in [6, 6.07) is 6.82. The van der Waals surface area contributed by atoms with Gasteiger partial charge in [0.15, 0.2) is 5.69 Å². The van der Waals surface area contributed by atoms with E-state index in [1.165, 1.54) is 0 Å². The smallest absolute Gasteiger partial charge is 0.221 e. The topological polar surface area (TPSA) is 17.8 Å². The number of hydrogen-bond acceptors (Lipinski definition) is 1. The van der Waals surface area contributed by atoms with Crippen molar-refractivity contribution in [2.24, 2.45) is 0 Å². The zero-order chi connectivity index (χ0) is 14.2. The quantitative estimate of drug-likeness (QED) is 0.742. The van der Waals surface area contributed by atoms with E-state index in [0.29, 0.717) is 5.69 Å². The fourth-order valence-corrected chi connectivity index (χ4v) is 2.25. The summed E-state index contributed by atoms with van der Waals surface area (Å²) in [5.41, 5.74) is 0.183. The van der Waals surface area contributed by atoms with Gasteiger partial charge in [-0.1, -0.05) is 29.3 Å². The second-order valence-electron chi connectivity index (χ2n) is 4.00. The standard InChI is InChI=1S/C12H9Cl2F3N2/c1-7-2-4-8(5-3-7)19-11(14)9(6-13)10(18-19)12(15,16)17/h2-5H,6H2,1H3. The van der Waals surface area contributed by atoms with Crippen molar-refractivity contribution in [3.63, 3.8) is 0 Å². The molecule has 0 spiro atoms. The van der Waals surface area contributed by atoms with Gasteiger partial charge >= 0.3 is 6.18 Å². The van der Waals surface area contributed by atoms with Crippen molar-refractivity contribution in [3.05, 3.63) is 46.2 Å². The van der Waals surface area contributed by atoms with Gasteiger partial charge < -0.3 is 0 Å². The molecule has 7 heteroatoms. The van der Waals surface area contributed by atoms with E-state index in [1.54, 1.807) is 24.3 Å². The Hall–Kier alpha value is -1.20. The molecule has 0 saturated carbocycles. The molecule has 1 heterocycles. The fourth-order valence-electron chi connectivity index (χ4n) is 1.63. The molecular weight excluding hydrogens is 300 g/mol. The van der Waals surface area contributed by atoms with Crippen LogP contribution in [0.3, 0.4) is 0 Å². The van der Waals surface area contributed by atoms with E-state index in [9.17, 15) is 13.2 Å². The van der Waals surface area contributed by atoms with Crippen LogP contribution in [0.15, 0.2) is 24.3 Å². The molecule has 0 unspecified atom stereocenters. The molecule has 1 aromatic heterocycles. The second-order valence-corrected chi connectivity index (χ2v) is 4.62. The molecule has 0 amide bonds. The molecule has 0 fully saturated rings. The molecule has 1 aromatic carbocycles. The van der Waals surface area contributed by atoms with Crippen LogP contribution in [0.1, 0.15) is 16.8 Å². The Kier molecular flexibility index (Phi) is 3.78. The highest BCUT2D eigenvalue weighted by Crippen LogP contribution is 2.36. The van der Waals surface area contributed by atoms with E-state index in [1.807, 2.05) is 6.92 Å². The molecule has 0 aliphatic heterocycles. The third-order valence-corrected chi connectivity index (χ3v) is 3.26. The van der Waals surface area contributed by atoms with Crippen molar-refractivity contribution < 1.29 is 13.2 Å². The van der Waals surface area contributed by atoms with E-state index in [0.717, 1.165) is 10.2 Å². The molecule has 0 aliphatic carbocycles. The Morgan fingerprint density at radius 1 is 1.21 bits per heavy atom. The lowest BCUT2D eigenvalue weighted by molar-refractivity contribution is -0.141. The van der Waals surface area contributed by atoms with Crippen LogP contribution >= 0.6 is 23.2 Å². The van der Waals surface area contributed by atoms with Crippen molar-refractivity contribution in [1.82, 2.24) is 9.78 Å². The van der Waals surface area contributed by atoms with Crippen LogP contribution < -0.4 is 0 Å². The molecule has 0 bridgehead atoms. The van der Waals surface area contributed by atoms with Crippen molar-refractivity contribution in [1.29, 1.82) is 0 Å². The number of alkyl halides is 4. The van der Waals surface area contributed by atoms with Crippen LogP contribution in [0.4, 0.5) is 13.2 Å². The molecular formula is C12H9Cl2F3N2. The van der Waals surface area contributed by atoms with Crippen molar-refractivity contribution in [2.45, 2.75) is 19.0 Å². The van der Waals surface area contributed by atoms with E-state index in [2.05, 4.69) is 5.10 Å². The van der Waals surface area contributed by atoms with Crippen LogP contribution in [0.25, 0.3) is 5.69 Å². The van der Waals surface area contributed by atoms with Gasteiger partial charge in [-0.15, -0.1) is 11.6 Å². The predicted molar refractivity (Wildman–Crippen MR) is 67.9 cm³/mol. The van der Waals surface area contributed by atoms with E-state index < -0.39 is 11.9 Å². The number of aromatic nitrogens is 2. The first-order valence-corrected chi connectivity index (χ1v) is 6.23. The molecule has 19 heavy (non-hydrogen) atoms. The Morgan fingerprint density at radius 3 is 2.21 bits per heavy atom. The van der Waals surface area contributed by atoms with Gasteiger partial charge in [0.25, 0.3) is 0 Å². The Labute approximate surface area is 117 Å². The number of aryl methyl sites for hydroxylation is 1. The van der Waals surface area contributed by atoms with Gasteiger partial charge in [-0.05, 0) is 19.1 Å². The minimum atomic E-state index is -4.58. The second kappa shape index (κ2) is 5.06. The van der Waals surface area contributed by atoms with Gasteiger partial charge in [-0.3, -0.25) is 0 Å². The summed E-state index contributed by atoms with van der Waals surface area (Å²) < 4.78 is 39.5. The Morgan fingerprint density at radius 2 is 1.79 bits per heavy atom. The average molecular weight is 309 g/mol. The van der Waals surface area contributed by atoms with Gasteiger partial charge in [0, 0.05) is 5.56 Å². The number of halogens is 5. The lowest BCUT2D eigenvalue weighted by Crippen LogP contribution is -2.09. The molecule has 0 N–H and O–H groups in total. The summed E-state index contributed by atoms with van der Waals surface area (Å²) >= 11 is 11.5. The Balaban J connectivity index is 2.59. The first-order valence-electron chi connectivity index (χ1n) is 5.32. The highest BCUT2D eigenvalue weighted by molar-refractivity contribution is 6.31. The fraction of sp³-hybridized carbons (Fsp3) is 0.250. The molecule has 2 nitrogen and oxygen atoms in total. The molecule has 2 aromatic rings. The lowest BCUT2D eigenvalue weighted by atomic mass is 10.2. The molecule has 0 saturated heterocycles. The summed E-state index contributed by atoms with van der Waals surface area (Å²) in [5, 5.41) is 3.41. The lowest BCUT2D eigenvalue weighted by Gasteiger charge is -2.04. The molecule has 0 radical (unpaired) electrons.